The second-order valence-electron chi connectivity index (χ2n) is 3.84. The van der Waals surface area contributed by atoms with Crippen LogP contribution in [-0.2, 0) is 4.79 Å². The van der Waals surface area contributed by atoms with Gasteiger partial charge in [0.05, 0.1) is 5.56 Å². The molecule has 0 fully saturated rings. The van der Waals surface area contributed by atoms with Crippen molar-refractivity contribution in [2.75, 3.05) is 0 Å². The van der Waals surface area contributed by atoms with Crippen molar-refractivity contribution in [1.29, 1.82) is 0 Å². The summed E-state index contributed by atoms with van der Waals surface area (Å²) in [5.74, 6) is -4.16. The van der Waals surface area contributed by atoms with E-state index in [4.69, 9.17) is 5.11 Å². The minimum absolute atomic E-state index is 0.0232. The molecule has 1 aliphatic rings. The molecule has 0 radical (unpaired) electrons. The average molecular weight is 232 g/mol. The van der Waals surface area contributed by atoms with Gasteiger partial charge in [0.25, 0.3) is 0 Å². The van der Waals surface area contributed by atoms with Gasteiger partial charge in [-0.1, -0.05) is 0 Å². The maximum absolute atomic E-state index is 11.8. The summed E-state index contributed by atoms with van der Waals surface area (Å²) in [4.78, 5) is 45.5. The molecule has 0 spiro atoms. The number of hydrogen-bond donors (Lipinski definition) is 1. The summed E-state index contributed by atoms with van der Waals surface area (Å²) in [5.41, 5.74) is 0.0735. The molecule has 17 heavy (non-hydrogen) atoms. The van der Waals surface area contributed by atoms with Gasteiger partial charge in [0.15, 0.2) is 11.6 Å². The number of aromatic carboxylic acids is 1. The monoisotopic (exact) mass is 232 g/mol. The average Bonchev–Trinajstić information content (AvgIpc) is 2.51. The fourth-order valence-electron chi connectivity index (χ4n) is 1.90. The lowest BCUT2D eigenvalue weighted by molar-refractivity contribution is -0.118. The molecule has 86 valence electrons. The lowest BCUT2D eigenvalue weighted by Crippen LogP contribution is -2.22. The zero-order chi connectivity index (χ0) is 12.7. The molecule has 1 N–H and O–H groups in total. The molecule has 0 amide bonds. The summed E-state index contributed by atoms with van der Waals surface area (Å²) in [7, 11) is 0. The quantitative estimate of drug-likeness (QED) is 0.767. The molecule has 0 saturated heterocycles. The SMILES string of the molecule is CC(=O)[C@H]1C(=O)c2ccc(C(=O)O)cc2C1=O. The Morgan fingerprint density at radius 3 is 2.24 bits per heavy atom. The van der Waals surface area contributed by atoms with Crippen LogP contribution in [0.15, 0.2) is 18.2 Å². The molecule has 5 heteroatoms. The van der Waals surface area contributed by atoms with Crippen molar-refractivity contribution < 1.29 is 24.3 Å². The van der Waals surface area contributed by atoms with E-state index in [0.717, 1.165) is 6.07 Å². The maximum atomic E-state index is 11.8. The number of benzene rings is 1. The zero-order valence-corrected chi connectivity index (χ0v) is 8.89. The van der Waals surface area contributed by atoms with Crippen molar-refractivity contribution in [3.63, 3.8) is 0 Å². The van der Waals surface area contributed by atoms with Crippen molar-refractivity contribution >= 4 is 23.3 Å². The Morgan fingerprint density at radius 1 is 1.12 bits per heavy atom. The van der Waals surface area contributed by atoms with Crippen LogP contribution >= 0.6 is 0 Å². The third-order valence-electron chi connectivity index (χ3n) is 2.73. The highest BCUT2D eigenvalue weighted by atomic mass is 16.4. The van der Waals surface area contributed by atoms with Gasteiger partial charge < -0.3 is 5.11 Å². The van der Waals surface area contributed by atoms with E-state index in [1.807, 2.05) is 0 Å². The molecule has 1 atom stereocenters. The first-order chi connectivity index (χ1) is 7.93. The smallest absolute Gasteiger partial charge is 0.335 e. The molecule has 0 heterocycles. The van der Waals surface area contributed by atoms with Crippen LogP contribution in [0.25, 0.3) is 0 Å². The fourth-order valence-corrected chi connectivity index (χ4v) is 1.90. The Hall–Kier alpha value is -2.30. The highest BCUT2D eigenvalue weighted by Gasteiger charge is 2.41. The number of Topliss-reactive ketones (excluding diaryl/α,β-unsaturated/α-hetero) is 3. The molecule has 1 aromatic rings. The Labute approximate surface area is 96.1 Å². The first-order valence-corrected chi connectivity index (χ1v) is 4.89. The summed E-state index contributed by atoms with van der Waals surface area (Å²) in [6.45, 7) is 1.17. The Kier molecular flexibility index (Phi) is 2.38. The highest BCUT2D eigenvalue weighted by molar-refractivity contribution is 6.35. The van der Waals surface area contributed by atoms with E-state index in [1.165, 1.54) is 19.1 Å². The summed E-state index contributed by atoms with van der Waals surface area (Å²) in [5, 5.41) is 8.78. The molecule has 0 saturated carbocycles. The Bertz CT molecular complexity index is 570. The van der Waals surface area contributed by atoms with Crippen LogP contribution in [0.1, 0.15) is 38.0 Å². The molecule has 1 aliphatic carbocycles. The van der Waals surface area contributed by atoms with Gasteiger partial charge in [-0.05, 0) is 25.1 Å². The van der Waals surface area contributed by atoms with Gasteiger partial charge in [-0.15, -0.1) is 0 Å². The van der Waals surface area contributed by atoms with Gasteiger partial charge in [0.1, 0.15) is 11.7 Å². The maximum Gasteiger partial charge on any atom is 0.335 e. The van der Waals surface area contributed by atoms with Gasteiger partial charge in [-0.25, -0.2) is 4.79 Å². The lowest BCUT2D eigenvalue weighted by atomic mass is 10.00. The number of rotatable bonds is 2. The number of carbonyl (C=O) groups excluding carboxylic acids is 3. The van der Waals surface area contributed by atoms with E-state index in [2.05, 4.69) is 0 Å². The van der Waals surface area contributed by atoms with Gasteiger partial charge >= 0.3 is 5.97 Å². The van der Waals surface area contributed by atoms with Crippen molar-refractivity contribution in [2.45, 2.75) is 6.92 Å². The van der Waals surface area contributed by atoms with Crippen LogP contribution < -0.4 is 0 Å². The van der Waals surface area contributed by atoms with E-state index >= 15 is 0 Å². The Morgan fingerprint density at radius 2 is 1.71 bits per heavy atom. The van der Waals surface area contributed by atoms with E-state index in [1.54, 1.807) is 0 Å². The number of fused-ring (bicyclic) bond motifs is 1. The predicted molar refractivity (Wildman–Crippen MR) is 56.2 cm³/mol. The number of hydrogen-bond acceptors (Lipinski definition) is 4. The molecule has 0 aromatic heterocycles. The topological polar surface area (TPSA) is 88.5 Å². The molecule has 5 nitrogen and oxygen atoms in total. The van der Waals surface area contributed by atoms with Gasteiger partial charge in [-0.2, -0.15) is 0 Å². The number of carboxylic acid groups (broad SMARTS) is 1. The molecule has 1 aromatic carbocycles. The number of ketones is 3. The Balaban J connectivity index is 2.58. The minimum atomic E-state index is -1.30. The second-order valence-corrected chi connectivity index (χ2v) is 3.84. The number of carbonyl (C=O) groups is 4. The third-order valence-corrected chi connectivity index (χ3v) is 2.73. The third kappa shape index (κ3) is 1.56. The normalized spacial score (nSPS) is 18.1. The standard InChI is InChI=1S/C12H8O5/c1-5(13)9-10(14)7-3-2-6(12(16)17)4-8(7)11(9)15/h2-4,9H,1H3,(H,16,17)/t9-/m0/s1. The fraction of sp³-hybridized carbons (Fsp3) is 0.167. The van der Waals surface area contributed by atoms with Gasteiger partial charge in [0.2, 0.25) is 0 Å². The van der Waals surface area contributed by atoms with Gasteiger partial charge in [-0.3, -0.25) is 14.4 Å². The van der Waals surface area contributed by atoms with Crippen molar-refractivity contribution in [3.8, 4) is 0 Å². The van der Waals surface area contributed by atoms with Crippen LogP contribution in [0.5, 0.6) is 0 Å². The molecule has 2 rings (SSSR count). The summed E-state index contributed by atoms with van der Waals surface area (Å²) >= 11 is 0. The van der Waals surface area contributed by atoms with E-state index in [9.17, 15) is 19.2 Å². The van der Waals surface area contributed by atoms with Crippen LogP contribution in [0, 0.1) is 5.92 Å². The molecular formula is C12H8O5. The van der Waals surface area contributed by atoms with Gasteiger partial charge in [0, 0.05) is 11.1 Å². The zero-order valence-electron chi connectivity index (χ0n) is 8.89. The summed E-state index contributed by atoms with van der Waals surface area (Å²) < 4.78 is 0. The molecule has 0 aliphatic heterocycles. The molecule has 0 unspecified atom stereocenters. The minimum Gasteiger partial charge on any atom is -0.478 e. The van der Waals surface area contributed by atoms with Crippen LogP contribution in [0.2, 0.25) is 0 Å². The first kappa shape index (κ1) is 11.2. The highest BCUT2D eigenvalue weighted by Crippen LogP contribution is 2.28. The summed E-state index contributed by atoms with van der Waals surface area (Å²) in [6, 6.07) is 3.66. The lowest BCUT2D eigenvalue weighted by Gasteiger charge is -1.98. The molecular weight excluding hydrogens is 224 g/mol. The summed E-state index contributed by atoms with van der Waals surface area (Å²) in [6.07, 6.45) is 0. The predicted octanol–water partition coefficient (Wildman–Crippen LogP) is 0.969. The van der Waals surface area contributed by atoms with Crippen molar-refractivity contribution in [1.82, 2.24) is 0 Å². The van der Waals surface area contributed by atoms with Crippen LogP contribution in [0.3, 0.4) is 0 Å². The van der Waals surface area contributed by atoms with Crippen molar-refractivity contribution in [3.05, 3.63) is 34.9 Å². The van der Waals surface area contributed by atoms with Crippen LogP contribution in [-0.4, -0.2) is 28.4 Å². The molecule has 0 bridgehead atoms. The first-order valence-electron chi connectivity index (χ1n) is 4.89. The van der Waals surface area contributed by atoms with E-state index < -0.39 is 29.2 Å². The van der Waals surface area contributed by atoms with E-state index in [0.29, 0.717) is 0 Å². The number of carboxylic acids is 1. The van der Waals surface area contributed by atoms with E-state index in [-0.39, 0.29) is 16.7 Å². The van der Waals surface area contributed by atoms with Crippen LogP contribution in [0.4, 0.5) is 0 Å². The largest absolute Gasteiger partial charge is 0.478 e. The second kappa shape index (κ2) is 3.62. The van der Waals surface area contributed by atoms with Crippen molar-refractivity contribution in [2.24, 2.45) is 5.92 Å².